The third-order valence-electron chi connectivity index (χ3n) is 3.29. The maximum Gasteiger partial charge on any atom is 0.250 e. The monoisotopic (exact) mass is 349 g/mol. The van der Waals surface area contributed by atoms with Gasteiger partial charge in [-0.15, -0.1) is 0 Å². The summed E-state index contributed by atoms with van der Waals surface area (Å²) in [5.41, 5.74) is 7.59. The van der Waals surface area contributed by atoms with Gasteiger partial charge in [-0.1, -0.05) is 28.1 Å². The predicted molar refractivity (Wildman–Crippen MR) is 90.2 cm³/mol. The molecule has 0 bridgehead atoms. The Hall–Kier alpha value is -1.59. The van der Waals surface area contributed by atoms with Gasteiger partial charge in [0.2, 0.25) is 0 Å². The molecule has 0 fully saturated rings. The van der Waals surface area contributed by atoms with E-state index in [2.05, 4.69) is 40.0 Å². The second kappa shape index (κ2) is 7.43. The van der Waals surface area contributed by atoms with Crippen LogP contribution in [0.25, 0.3) is 0 Å². The minimum Gasteiger partial charge on any atom is -0.398 e. The highest BCUT2D eigenvalue weighted by Crippen LogP contribution is 2.13. The molecule has 2 rings (SSSR count). The normalized spacial score (nSPS) is 11.0. The first-order valence-electron chi connectivity index (χ1n) is 6.93. The first-order valence-corrected chi connectivity index (χ1v) is 7.73. The molecule has 0 aliphatic heterocycles. The van der Waals surface area contributed by atoms with Crippen LogP contribution in [-0.4, -0.2) is 23.1 Å². The molecule has 21 heavy (non-hydrogen) atoms. The van der Waals surface area contributed by atoms with Gasteiger partial charge in [-0.3, -0.25) is 4.79 Å². The van der Waals surface area contributed by atoms with Crippen molar-refractivity contribution in [2.24, 2.45) is 0 Å². The average Bonchev–Trinajstić information content (AvgIpc) is 2.42. The van der Waals surface area contributed by atoms with Crippen molar-refractivity contribution in [3.63, 3.8) is 0 Å². The summed E-state index contributed by atoms with van der Waals surface area (Å²) >= 11 is 3.48. The number of halogens is 1. The highest BCUT2D eigenvalue weighted by atomic mass is 79.9. The van der Waals surface area contributed by atoms with Crippen molar-refractivity contribution >= 4 is 21.6 Å². The Morgan fingerprint density at radius 3 is 2.86 bits per heavy atom. The highest BCUT2D eigenvalue weighted by Gasteiger charge is 2.02. The minimum atomic E-state index is -0.00107. The smallest absolute Gasteiger partial charge is 0.250 e. The van der Waals surface area contributed by atoms with Gasteiger partial charge in [0, 0.05) is 35.5 Å². The molecule has 0 saturated carbocycles. The molecule has 1 aromatic heterocycles. The number of rotatable bonds is 6. The predicted octanol–water partition coefficient (Wildman–Crippen LogP) is 2.72. The van der Waals surface area contributed by atoms with Gasteiger partial charge in [0.15, 0.2) is 0 Å². The lowest BCUT2D eigenvalue weighted by molar-refractivity contribution is 0.313. The Kier molecular flexibility index (Phi) is 5.59. The molecule has 2 aromatic rings. The first kappa shape index (κ1) is 15.8. The van der Waals surface area contributed by atoms with Crippen LogP contribution >= 0.6 is 15.9 Å². The van der Waals surface area contributed by atoms with Gasteiger partial charge in [-0.05, 0) is 43.8 Å². The lowest BCUT2D eigenvalue weighted by atomic mass is 10.2. The summed E-state index contributed by atoms with van der Waals surface area (Å²) in [5.74, 6) is 0. The molecule has 1 aromatic carbocycles. The van der Waals surface area contributed by atoms with Gasteiger partial charge in [-0.2, -0.15) is 0 Å². The van der Waals surface area contributed by atoms with Crippen LogP contribution in [0.4, 0.5) is 5.69 Å². The van der Waals surface area contributed by atoms with Gasteiger partial charge in [0.25, 0.3) is 5.56 Å². The lowest BCUT2D eigenvalue weighted by Crippen LogP contribution is -2.24. The van der Waals surface area contributed by atoms with Gasteiger partial charge in [0.1, 0.15) is 0 Å². The number of nitrogens with two attached hydrogens (primary N) is 1. The van der Waals surface area contributed by atoms with Gasteiger partial charge in [-0.25, -0.2) is 0 Å². The number of pyridine rings is 1. The molecule has 0 radical (unpaired) electrons. The third kappa shape index (κ3) is 5.02. The van der Waals surface area contributed by atoms with E-state index in [1.54, 1.807) is 16.8 Å². The van der Waals surface area contributed by atoms with E-state index in [1.807, 2.05) is 12.1 Å². The topological polar surface area (TPSA) is 51.3 Å². The molecule has 112 valence electrons. The first-order chi connectivity index (χ1) is 10.0. The van der Waals surface area contributed by atoms with Crippen molar-refractivity contribution in [1.29, 1.82) is 0 Å². The number of anilines is 1. The second-order valence-corrected chi connectivity index (χ2v) is 6.13. The number of nitrogens with zero attached hydrogens (tertiary/aromatic N) is 2. The van der Waals surface area contributed by atoms with E-state index in [9.17, 15) is 4.79 Å². The minimum absolute atomic E-state index is 0.00107. The van der Waals surface area contributed by atoms with Crippen molar-refractivity contribution in [3.8, 4) is 0 Å². The molecule has 0 aliphatic rings. The Morgan fingerprint density at radius 1 is 1.29 bits per heavy atom. The standard InChI is InChI=1S/C16H20BrN3O/c1-19(11-13-4-2-5-14(17)10-13)8-3-9-20-12-15(18)6-7-16(20)21/h2,4-7,10,12H,3,8-9,11,18H2,1H3. The number of hydrogen-bond donors (Lipinski definition) is 1. The molecule has 4 nitrogen and oxygen atoms in total. The van der Waals surface area contributed by atoms with Crippen LogP contribution in [0.1, 0.15) is 12.0 Å². The molecule has 0 atom stereocenters. The van der Waals surface area contributed by atoms with E-state index in [0.29, 0.717) is 12.2 Å². The molecule has 1 heterocycles. The number of benzene rings is 1. The summed E-state index contributed by atoms with van der Waals surface area (Å²) in [7, 11) is 2.09. The zero-order valence-corrected chi connectivity index (χ0v) is 13.7. The van der Waals surface area contributed by atoms with E-state index in [1.165, 1.54) is 11.6 Å². The Balaban J connectivity index is 1.83. The van der Waals surface area contributed by atoms with Gasteiger partial charge in [0.05, 0.1) is 0 Å². The molecule has 0 aliphatic carbocycles. The van der Waals surface area contributed by atoms with Crippen LogP contribution in [0.5, 0.6) is 0 Å². The quantitative estimate of drug-likeness (QED) is 0.872. The van der Waals surface area contributed by atoms with E-state index in [4.69, 9.17) is 5.73 Å². The molecule has 0 spiro atoms. The van der Waals surface area contributed by atoms with Crippen LogP contribution in [0.15, 0.2) is 51.9 Å². The average molecular weight is 350 g/mol. The third-order valence-corrected chi connectivity index (χ3v) is 3.78. The van der Waals surface area contributed by atoms with Gasteiger partial charge >= 0.3 is 0 Å². The molecule has 0 saturated heterocycles. The maximum atomic E-state index is 11.7. The SMILES string of the molecule is CN(CCCn1cc(N)ccc1=O)Cc1cccc(Br)c1. The van der Waals surface area contributed by atoms with Crippen LogP contribution in [-0.2, 0) is 13.1 Å². The Labute approximate surface area is 133 Å². The molecule has 0 unspecified atom stereocenters. The Bertz CT molecular complexity index is 654. The number of aromatic nitrogens is 1. The van der Waals surface area contributed by atoms with Crippen LogP contribution < -0.4 is 11.3 Å². The van der Waals surface area contributed by atoms with Crippen LogP contribution in [0.3, 0.4) is 0 Å². The van der Waals surface area contributed by atoms with Crippen molar-refractivity contribution < 1.29 is 0 Å². The molecule has 2 N–H and O–H groups in total. The fraction of sp³-hybridized carbons (Fsp3) is 0.312. The van der Waals surface area contributed by atoms with Crippen molar-refractivity contribution in [2.45, 2.75) is 19.5 Å². The van der Waals surface area contributed by atoms with Crippen molar-refractivity contribution in [2.75, 3.05) is 19.3 Å². The summed E-state index contributed by atoms with van der Waals surface area (Å²) < 4.78 is 2.77. The second-order valence-electron chi connectivity index (χ2n) is 5.22. The molecular weight excluding hydrogens is 330 g/mol. The summed E-state index contributed by atoms with van der Waals surface area (Å²) in [6.45, 7) is 2.51. The molecule has 5 heteroatoms. The van der Waals surface area contributed by atoms with E-state index in [-0.39, 0.29) is 5.56 Å². The molecular formula is C16H20BrN3O. The largest absolute Gasteiger partial charge is 0.398 e. The van der Waals surface area contributed by atoms with Crippen molar-refractivity contribution in [1.82, 2.24) is 9.47 Å². The number of aryl methyl sites for hydroxylation is 1. The van der Waals surface area contributed by atoms with E-state index in [0.717, 1.165) is 24.0 Å². The number of nitrogen functional groups attached to an aromatic ring is 1. The highest BCUT2D eigenvalue weighted by molar-refractivity contribution is 9.10. The zero-order valence-electron chi connectivity index (χ0n) is 12.1. The van der Waals surface area contributed by atoms with E-state index >= 15 is 0 Å². The lowest BCUT2D eigenvalue weighted by Gasteiger charge is -2.17. The van der Waals surface area contributed by atoms with Crippen LogP contribution in [0.2, 0.25) is 0 Å². The maximum absolute atomic E-state index is 11.7. The fourth-order valence-electron chi connectivity index (χ4n) is 2.26. The summed E-state index contributed by atoms with van der Waals surface area (Å²) in [6, 6.07) is 11.5. The van der Waals surface area contributed by atoms with Crippen LogP contribution in [0, 0.1) is 0 Å². The van der Waals surface area contributed by atoms with Gasteiger partial charge < -0.3 is 15.2 Å². The summed E-state index contributed by atoms with van der Waals surface area (Å²) in [5, 5.41) is 0. The van der Waals surface area contributed by atoms with Crippen molar-refractivity contribution in [3.05, 3.63) is 63.0 Å². The molecule has 0 amide bonds. The zero-order chi connectivity index (χ0) is 15.2. The summed E-state index contributed by atoms with van der Waals surface area (Å²) in [6.07, 6.45) is 2.62. The summed E-state index contributed by atoms with van der Waals surface area (Å²) in [4.78, 5) is 13.9. The Morgan fingerprint density at radius 2 is 2.10 bits per heavy atom. The fourth-order valence-corrected chi connectivity index (χ4v) is 2.71. The number of hydrogen-bond acceptors (Lipinski definition) is 3. The van der Waals surface area contributed by atoms with E-state index < -0.39 is 0 Å².